The van der Waals surface area contributed by atoms with Crippen LogP contribution >= 0.6 is 11.6 Å². The Morgan fingerprint density at radius 2 is 1.88 bits per heavy atom. The number of likely N-dealkylation sites (tertiary alicyclic amines) is 1. The van der Waals surface area contributed by atoms with Crippen LogP contribution in [0.1, 0.15) is 31.4 Å². The smallest absolute Gasteiger partial charge is 0.0916 e. The van der Waals surface area contributed by atoms with Gasteiger partial charge in [-0.05, 0) is 49.5 Å². The topological polar surface area (TPSA) is 23.5 Å². The van der Waals surface area contributed by atoms with E-state index in [-0.39, 0.29) is 0 Å². The van der Waals surface area contributed by atoms with Crippen LogP contribution in [0.5, 0.6) is 0 Å². The summed E-state index contributed by atoms with van der Waals surface area (Å²) in [4.78, 5) is 2.35. The summed E-state index contributed by atoms with van der Waals surface area (Å²) >= 11 is 5.83. The summed E-state index contributed by atoms with van der Waals surface area (Å²) in [7, 11) is 0. The molecule has 0 aromatic heterocycles. The third-order valence-corrected chi connectivity index (χ3v) is 3.81. The lowest BCUT2D eigenvalue weighted by Crippen LogP contribution is -2.35. The van der Waals surface area contributed by atoms with Crippen molar-refractivity contribution in [2.45, 2.75) is 25.9 Å². The molecular weight excluding hydrogens is 234 g/mol. The molecule has 3 heteroatoms. The van der Waals surface area contributed by atoms with Gasteiger partial charge in [0.2, 0.25) is 0 Å². The molecular formula is C14H20ClNO. The quantitative estimate of drug-likeness (QED) is 0.895. The molecule has 0 aliphatic carbocycles. The SMILES string of the molecule is CC1CCN(CC(O)c2ccc(Cl)cc2)CC1. The Balaban J connectivity index is 1.88. The van der Waals surface area contributed by atoms with E-state index in [2.05, 4.69) is 11.8 Å². The minimum absolute atomic E-state index is 0.402. The number of aliphatic hydroxyl groups is 1. The van der Waals surface area contributed by atoms with E-state index in [1.165, 1.54) is 12.8 Å². The highest BCUT2D eigenvalue weighted by molar-refractivity contribution is 6.30. The second-order valence-corrected chi connectivity index (χ2v) is 5.49. The maximum atomic E-state index is 10.1. The highest BCUT2D eigenvalue weighted by Gasteiger charge is 2.18. The largest absolute Gasteiger partial charge is 0.387 e. The molecule has 2 rings (SSSR count). The molecule has 2 nitrogen and oxygen atoms in total. The Labute approximate surface area is 108 Å². The molecule has 1 aliphatic heterocycles. The van der Waals surface area contributed by atoms with Crippen LogP contribution in [0.4, 0.5) is 0 Å². The standard InChI is InChI=1S/C14H20ClNO/c1-11-6-8-16(9-7-11)10-14(17)12-2-4-13(15)5-3-12/h2-5,11,14,17H,6-10H2,1H3. The van der Waals surface area contributed by atoms with Gasteiger partial charge in [0, 0.05) is 11.6 Å². The van der Waals surface area contributed by atoms with Crippen LogP contribution in [-0.2, 0) is 0 Å². The first-order valence-corrected chi connectivity index (χ1v) is 6.69. The lowest BCUT2D eigenvalue weighted by Gasteiger charge is -2.31. The van der Waals surface area contributed by atoms with Gasteiger partial charge >= 0.3 is 0 Å². The first kappa shape index (κ1) is 12.9. The third kappa shape index (κ3) is 3.70. The van der Waals surface area contributed by atoms with Gasteiger partial charge < -0.3 is 10.0 Å². The third-order valence-electron chi connectivity index (χ3n) is 3.56. The fourth-order valence-electron chi connectivity index (χ4n) is 2.28. The lowest BCUT2D eigenvalue weighted by molar-refractivity contribution is 0.0916. The van der Waals surface area contributed by atoms with E-state index in [1.54, 1.807) is 0 Å². The number of hydrogen-bond acceptors (Lipinski definition) is 2. The van der Waals surface area contributed by atoms with Crippen LogP contribution in [0.2, 0.25) is 5.02 Å². The predicted octanol–water partition coefficient (Wildman–Crippen LogP) is 3.11. The molecule has 0 amide bonds. The van der Waals surface area contributed by atoms with E-state index in [1.807, 2.05) is 24.3 Å². The number of piperidine rings is 1. The van der Waals surface area contributed by atoms with Crippen molar-refractivity contribution < 1.29 is 5.11 Å². The van der Waals surface area contributed by atoms with Crippen molar-refractivity contribution in [2.24, 2.45) is 5.92 Å². The monoisotopic (exact) mass is 253 g/mol. The summed E-state index contributed by atoms with van der Waals surface area (Å²) in [5, 5.41) is 10.9. The van der Waals surface area contributed by atoms with Gasteiger partial charge in [0.05, 0.1) is 6.10 Å². The van der Waals surface area contributed by atoms with Crippen LogP contribution in [0.15, 0.2) is 24.3 Å². The minimum atomic E-state index is -0.402. The van der Waals surface area contributed by atoms with Gasteiger partial charge in [-0.3, -0.25) is 0 Å². The molecule has 1 fully saturated rings. The highest BCUT2D eigenvalue weighted by atomic mass is 35.5. The predicted molar refractivity (Wildman–Crippen MR) is 71.2 cm³/mol. The van der Waals surface area contributed by atoms with Gasteiger partial charge in [-0.15, -0.1) is 0 Å². The zero-order valence-electron chi connectivity index (χ0n) is 10.3. The van der Waals surface area contributed by atoms with E-state index in [0.717, 1.165) is 31.1 Å². The second kappa shape index (κ2) is 5.85. The van der Waals surface area contributed by atoms with Gasteiger partial charge in [0.1, 0.15) is 0 Å². The fraction of sp³-hybridized carbons (Fsp3) is 0.571. The molecule has 1 aliphatic rings. The number of benzene rings is 1. The summed E-state index contributed by atoms with van der Waals surface area (Å²) in [6, 6.07) is 7.47. The highest BCUT2D eigenvalue weighted by Crippen LogP contribution is 2.21. The van der Waals surface area contributed by atoms with E-state index >= 15 is 0 Å². The van der Waals surface area contributed by atoms with Crippen molar-refractivity contribution in [2.75, 3.05) is 19.6 Å². The summed E-state index contributed by atoms with van der Waals surface area (Å²) in [6.07, 6.45) is 2.08. The van der Waals surface area contributed by atoms with Crippen LogP contribution in [-0.4, -0.2) is 29.6 Å². The normalized spacial score (nSPS) is 20.4. The molecule has 1 saturated heterocycles. The van der Waals surface area contributed by atoms with Gasteiger partial charge in [-0.1, -0.05) is 30.7 Å². The van der Waals surface area contributed by atoms with E-state index in [0.29, 0.717) is 5.02 Å². The number of hydrogen-bond donors (Lipinski definition) is 1. The molecule has 1 atom stereocenters. The van der Waals surface area contributed by atoms with Crippen LogP contribution in [0.3, 0.4) is 0 Å². The first-order valence-electron chi connectivity index (χ1n) is 6.31. The van der Waals surface area contributed by atoms with Gasteiger partial charge in [-0.2, -0.15) is 0 Å². The maximum Gasteiger partial charge on any atom is 0.0916 e. The Morgan fingerprint density at radius 1 is 1.29 bits per heavy atom. The molecule has 1 aromatic rings. The number of aliphatic hydroxyl groups excluding tert-OH is 1. The van der Waals surface area contributed by atoms with Crippen LogP contribution < -0.4 is 0 Å². The van der Waals surface area contributed by atoms with Crippen LogP contribution in [0.25, 0.3) is 0 Å². The molecule has 0 bridgehead atoms. The van der Waals surface area contributed by atoms with Crippen molar-refractivity contribution in [3.63, 3.8) is 0 Å². The van der Waals surface area contributed by atoms with E-state index in [4.69, 9.17) is 11.6 Å². The summed E-state index contributed by atoms with van der Waals surface area (Å²) in [5.74, 6) is 0.832. The zero-order chi connectivity index (χ0) is 12.3. The van der Waals surface area contributed by atoms with Gasteiger partial charge in [0.15, 0.2) is 0 Å². The van der Waals surface area contributed by atoms with Crippen LogP contribution in [0, 0.1) is 5.92 Å². The molecule has 1 heterocycles. The molecule has 1 N–H and O–H groups in total. The van der Waals surface area contributed by atoms with Crippen molar-refractivity contribution in [1.29, 1.82) is 0 Å². The Hall–Kier alpha value is -0.570. The second-order valence-electron chi connectivity index (χ2n) is 5.05. The molecule has 0 saturated carbocycles. The average molecular weight is 254 g/mol. The number of rotatable bonds is 3. The van der Waals surface area contributed by atoms with Crippen molar-refractivity contribution in [3.05, 3.63) is 34.9 Å². The Kier molecular flexibility index (Phi) is 4.43. The Morgan fingerprint density at radius 3 is 2.47 bits per heavy atom. The summed E-state index contributed by atoms with van der Waals surface area (Å²) in [6.45, 7) is 5.24. The zero-order valence-corrected chi connectivity index (χ0v) is 11.0. The number of nitrogens with zero attached hydrogens (tertiary/aromatic N) is 1. The molecule has 0 radical (unpaired) electrons. The fourth-order valence-corrected chi connectivity index (χ4v) is 2.41. The maximum absolute atomic E-state index is 10.1. The lowest BCUT2D eigenvalue weighted by atomic mass is 9.98. The number of β-amino-alcohol motifs (C(OH)–C–C–N with tert-alkyl or cyclic N) is 1. The first-order chi connectivity index (χ1) is 8.15. The van der Waals surface area contributed by atoms with E-state index < -0.39 is 6.10 Å². The molecule has 1 aromatic carbocycles. The van der Waals surface area contributed by atoms with Gasteiger partial charge in [-0.25, -0.2) is 0 Å². The molecule has 17 heavy (non-hydrogen) atoms. The molecule has 94 valence electrons. The molecule has 1 unspecified atom stereocenters. The van der Waals surface area contributed by atoms with Crippen molar-refractivity contribution in [1.82, 2.24) is 4.90 Å². The Bertz CT molecular complexity index is 344. The summed E-state index contributed by atoms with van der Waals surface area (Å²) < 4.78 is 0. The summed E-state index contributed by atoms with van der Waals surface area (Å²) in [5.41, 5.74) is 0.952. The minimum Gasteiger partial charge on any atom is -0.387 e. The van der Waals surface area contributed by atoms with Crippen molar-refractivity contribution in [3.8, 4) is 0 Å². The number of halogens is 1. The van der Waals surface area contributed by atoms with E-state index in [9.17, 15) is 5.11 Å². The van der Waals surface area contributed by atoms with Crippen molar-refractivity contribution >= 4 is 11.6 Å². The average Bonchev–Trinajstić information content (AvgIpc) is 2.33. The van der Waals surface area contributed by atoms with Gasteiger partial charge in [0.25, 0.3) is 0 Å². The molecule has 0 spiro atoms.